The lowest BCUT2D eigenvalue weighted by Gasteiger charge is -2.24. The molecule has 0 spiro atoms. The number of aliphatic carboxylic acids is 1. The molecule has 0 saturated carbocycles. The van der Waals surface area contributed by atoms with Gasteiger partial charge < -0.3 is 15.7 Å². The molecular formula is C12H24N2O5S. The fourth-order valence-corrected chi connectivity index (χ4v) is 1.66. The monoisotopic (exact) mass is 308 g/mol. The maximum atomic E-state index is 11.6. The maximum absolute atomic E-state index is 11.6. The molecule has 0 aromatic carbocycles. The van der Waals surface area contributed by atoms with Crippen molar-refractivity contribution in [3.63, 3.8) is 0 Å². The first-order valence-electron chi connectivity index (χ1n) is 6.33. The predicted octanol–water partition coefficient (Wildman–Crippen LogP) is 0.608. The van der Waals surface area contributed by atoms with Crippen molar-refractivity contribution < 1.29 is 23.1 Å². The minimum atomic E-state index is -3.32. The van der Waals surface area contributed by atoms with Crippen LogP contribution in [-0.4, -0.2) is 49.1 Å². The predicted molar refractivity (Wildman–Crippen MR) is 76.3 cm³/mol. The molecule has 3 N–H and O–H groups in total. The molecule has 0 aliphatic carbocycles. The lowest BCUT2D eigenvalue weighted by atomic mass is 10.0. The van der Waals surface area contributed by atoms with E-state index in [4.69, 9.17) is 5.11 Å². The molecule has 0 aliphatic heterocycles. The van der Waals surface area contributed by atoms with Crippen molar-refractivity contribution in [2.45, 2.75) is 44.9 Å². The first-order chi connectivity index (χ1) is 8.86. The Hall–Kier alpha value is -1.31. The van der Waals surface area contributed by atoms with Crippen LogP contribution in [-0.2, 0) is 14.6 Å². The molecule has 0 radical (unpaired) electrons. The molecule has 0 unspecified atom stereocenters. The third-order valence-electron chi connectivity index (χ3n) is 2.99. The minimum absolute atomic E-state index is 0.0916. The number of rotatable bonds is 7. The van der Waals surface area contributed by atoms with Gasteiger partial charge in [-0.15, -0.1) is 0 Å². The Morgan fingerprint density at radius 3 is 2.10 bits per heavy atom. The van der Waals surface area contributed by atoms with Crippen molar-refractivity contribution in [2.24, 2.45) is 5.92 Å². The summed E-state index contributed by atoms with van der Waals surface area (Å²) in [5.74, 6) is -1.000. The van der Waals surface area contributed by atoms with Crippen LogP contribution in [0.2, 0.25) is 0 Å². The third-order valence-corrected chi connectivity index (χ3v) is 5.14. The van der Waals surface area contributed by atoms with Crippen LogP contribution in [0, 0.1) is 5.92 Å². The quantitative estimate of drug-likeness (QED) is 0.638. The van der Waals surface area contributed by atoms with E-state index in [1.807, 2.05) is 13.8 Å². The summed E-state index contributed by atoms with van der Waals surface area (Å²) in [5, 5.41) is 13.7. The van der Waals surface area contributed by atoms with Crippen LogP contribution in [0.4, 0.5) is 4.79 Å². The summed E-state index contributed by atoms with van der Waals surface area (Å²) < 4.78 is 21.8. The maximum Gasteiger partial charge on any atom is 0.326 e. The van der Waals surface area contributed by atoms with Crippen molar-refractivity contribution in [2.75, 3.05) is 12.8 Å². The highest BCUT2D eigenvalue weighted by atomic mass is 32.2. The second-order valence-electron chi connectivity index (χ2n) is 5.88. The molecule has 0 saturated heterocycles. The van der Waals surface area contributed by atoms with Gasteiger partial charge in [0.05, 0.1) is 4.75 Å². The van der Waals surface area contributed by atoms with E-state index in [1.165, 1.54) is 13.8 Å². The van der Waals surface area contributed by atoms with Crippen LogP contribution in [0.3, 0.4) is 0 Å². The zero-order valence-electron chi connectivity index (χ0n) is 12.6. The van der Waals surface area contributed by atoms with Gasteiger partial charge in [-0.2, -0.15) is 0 Å². The van der Waals surface area contributed by atoms with Gasteiger partial charge in [0, 0.05) is 12.8 Å². The topological polar surface area (TPSA) is 113 Å². The number of nitrogens with one attached hydrogen (secondary N) is 2. The summed E-state index contributed by atoms with van der Waals surface area (Å²) in [7, 11) is -3.32. The minimum Gasteiger partial charge on any atom is -0.480 e. The van der Waals surface area contributed by atoms with Gasteiger partial charge in [-0.25, -0.2) is 18.0 Å². The molecule has 0 aromatic rings. The molecular weight excluding hydrogens is 284 g/mol. The molecule has 0 bridgehead atoms. The van der Waals surface area contributed by atoms with Crippen LogP contribution in [0.15, 0.2) is 0 Å². The number of urea groups is 1. The van der Waals surface area contributed by atoms with Crippen molar-refractivity contribution in [3.8, 4) is 0 Å². The first kappa shape index (κ1) is 18.7. The summed E-state index contributed by atoms with van der Waals surface area (Å²) in [6.45, 7) is 6.59. The van der Waals surface area contributed by atoms with Crippen molar-refractivity contribution in [1.29, 1.82) is 0 Å². The van der Waals surface area contributed by atoms with Crippen molar-refractivity contribution in [3.05, 3.63) is 0 Å². The molecule has 0 heterocycles. The Morgan fingerprint density at radius 1 is 1.25 bits per heavy atom. The molecule has 118 valence electrons. The number of hydrogen-bond acceptors (Lipinski definition) is 4. The largest absolute Gasteiger partial charge is 0.480 e. The van der Waals surface area contributed by atoms with Gasteiger partial charge in [0.15, 0.2) is 9.84 Å². The van der Waals surface area contributed by atoms with Gasteiger partial charge in [0.1, 0.15) is 6.04 Å². The highest BCUT2D eigenvalue weighted by molar-refractivity contribution is 7.92. The number of carbonyl (C=O) groups excluding carboxylic acids is 1. The highest BCUT2D eigenvalue weighted by Crippen LogP contribution is 2.13. The molecule has 0 aromatic heterocycles. The molecule has 2 amide bonds. The van der Waals surface area contributed by atoms with E-state index in [1.54, 1.807) is 0 Å². The molecule has 0 fully saturated rings. The second kappa shape index (κ2) is 6.92. The number of hydrogen-bond donors (Lipinski definition) is 3. The fraction of sp³-hybridized carbons (Fsp3) is 0.833. The number of carboxylic acid groups (broad SMARTS) is 1. The highest BCUT2D eigenvalue weighted by Gasteiger charge is 2.31. The van der Waals surface area contributed by atoms with E-state index in [0.29, 0.717) is 6.42 Å². The number of sulfone groups is 1. The zero-order valence-corrected chi connectivity index (χ0v) is 13.4. The summed E-state index contributed by atoms with van der Waals surface area (Å²) >= 11 is 0. The second-order valence-corrected chi connectivity index (χ2v) is 8.53. The van der Waals surface area contributed by atoms with E-state index < -0.39 is 32.6 Å². The Labute approximate surface area is 120 Å². The van der Waals surface area contributed by atoms with Crippen molar-refractivity contribution >= 4 is 21.8 Å². The van der Waals surface area contributed by atoms with Crippen LogP contribution in [0.5, 0.6) is 0 Å². The van der Waals surface area contributed by atoms with E-state index >= 15 is 0 Å². The van der Waals surface area contributed by atoms with E-state index in [9.17, 15) is 18.0 Å². The molecule has 0 rings (SSSR count). The molecule has 7 nitrogen and oxygen atoms in total. The third kappa shape index (κ3) is 6.23. The van der Waals surface area contributed by atoms with Crippen LogP contribution >= 0.6 is 0 Å². The summed E-state index contributed by atoms with van der Waals surface area (Å²) in [6, 6.07) is -1.67. The van der Waals surface area contributed by atoms with Crippen molar-refractivity contribution in [1.82, 2.24) is 10.6 Å². The Balaban J connectivity index is 4.53. The van der Waals surface area contributed by atoms with Gasteiger partial charge in [-0.3, -0.25) is 0 Å². The normalized spacial score (nSPS) is 13.9. The summed E-state index contributed by atoms with van der Waals surface area (Å²) in [6.07, 6.45) is 1.39. The lowest BCUT2D eigenvalue weighted by Crippen LogP contribution is -2.51. The summed E-state index contributed by atoms with van der Waals surface area (Å²) in [4.78, 5) is 22.6. The molecule has 1 atom stereocenters. The standard InChI is InChI=1S/C12H24N2O5S/c1-8(2)6-9(10(15)16)14-11(17)13-7-12(3,4)20(5,18)19/h8-9H,6-7H2,1-5H3,(H,15,16)(H2,13,14,17)/t9-/m0/s1. The summed E-state index contributed by atoms with van der Waals surface area (Å²) in [5.41, 5.74) is 0. The number of amides is 2. The lowest BCUT2D eigenvalue weighted by molar-refractivity contribution is -0.139. The number of carboxylic acids is 1. The molecule has 0 aliphatic rings. The number of carbonyl (C=O) groups is 2. The first-order valence-corrected chi connectivity index (χ1v) is 8.22. The Bertz CT molecular complexity index is 456. The van der Waals surface area contributed by atoms with Gasteiger partial charge in [-0.1, -0.05) is 13.8 Å². The van der Waals surface area contributed by atoms with Crippen LogP contribution < -0.4 is 10.6 Å². The Kier molecular flexibility index (Phi) is 6.46. The molecule has 8 heteroatoms. The average Bonchev–Trinajstić information content (AvgIpc) is 2.23. The van der Waals surface area contributed by atoms with Gasteiger partial charge >= 0.3 is 12.0 Å². The van der Waals surface area contributed by atoms with Crippen LogP contribution in [0.1, 0.15) is 34.1 Å². The average molecular weight is 308 g/mol. The SMILES string of the molecule is CC(C)C[C@H](NC(=O)NCC(C)(C)S(C)(=O)=O)C(=O)O. The van der Waals surface area contributed by atoms with E-state index in [2.05, 4.69) is 10.6 Å². The van der Waals surface area contributed by atoms with Gasteiger partial charge in [-0.05, 0) is 26.2 Å². The van der Waals surface area contributed by atoms with E-state index in [0.717, 1.165) is 6.26 Å². The van der Waals surface area contributed by atoms with E-state index in [-0.39, 0.29) is 12.5 Å². The fourth-order valence-electron chi connectivity index (χ4n) is 1.33. The smallest absolute Gasteiger partial charge is 0.326 e. The van der Waals surface area contributed by atoms with Crippen LogP contribution in [0.25, 0.3) is 0 Å². The van der Waals surface area contributed by atoms with Gasteiger partial charge in [0.2, 0.25) is 0 Å². The zero-order chi connectivity index (χ0) is 16.1. The molecule has 20 heavy (non-hydrogen) atoms. The Morgan fingerprint density at radius 2 is 1.75 bits per heavy atom. The van der Waals surface area contributed by atoms with Gasteiger partial charge in [0.25, 0.3) is 0 Å².